The van der Waals surface area contributed by atoms with Gasteiger partial charge in [-0.2, -0.15) is 0 Å². The van der Waals surface area contributed by atoms with Gasteiger partial charge in [-0.25, -0.2) is 0 Å². The second-order valence-electron chi connectivity index (χ2n) is 5.13. The van der Waals surface area contributed by atoms with E-state index in [4.69, 9.17) is 0 Å². The van der Waals surface area contributed by atoms with E-state index < -0.39 is 13.7 Å². The predicted molar refractivity (Wildman–Crippen MR) is 63.7 cm³/mol. The van der Waals surface area contributed by atoms with Gasteiger partial charge >= 0.3 is 0 Å². The standard InChI is InChI=1S/C12H20OSi/c1-14(2,3)11-7-10-12(13)8-5-4-6-9-12/h5,8,13H,4,6,9-10H2,1-3H3. The molecule has 14 heavy (non-hydrogen) atoms. The Morgan fingerprint density at radius 3 is 2.64 bits per heavy atom. The van der Waals surface area contributed by atoms with Gasteiger partial charge in [0.1, 0.15) is 8.07 Å². The Hall–Kier alpha value is -0.523. The molecule has 0 fully saturated rings. The third-order valence-corrected chi connectivity index (χ3v) is 3.19. The minimum atomic E-state index is -1.27. The van der Waals surface area contributed by atoms with E-state index in [2.05, 4.69) is 37.2 Å². The summed E-state index contributed by atoms with van der Waals surface area (Å²) in [5.41, 5.74) is 2.66. The topological polar surface area (TPSA) is 20.2 Å². The van der Waals surface area contributed by atoms with Crippen LogP contribution in [0.5, 0.6) is 0 Å². The fourth-order valence-electron chi connectivity index (χ4n) is 1.52. The van der Waals surface area contributed by atoms with Crippen LogP contribution in [0.25, 0.3) is 0 Å². The van der Waals surface area contributed by atoms with Gasteiger partial charge < -0.3 is 5.11 Å². The molecule has 0 saturated heterocycles. The molecule has 0 aliphatic heterocycles. The highest BCUT2D eigenvalue weighted by Crippen LogP contribution is 2.24. The summed E-state index contributed by atoms with van der Waals surface area (Å²) in [6.07, 6.45) is 7.65. The summed E-state index contributed by atoms with van der Waals surface area (Å²) < 4.78 is 0. The summed E-state index contributed by atoms with van der Waals surface area (Å²) in [4.78, 5) is 0. The first kappa shape index (κ1) is 11.6. The van der Waals surface area contributed by atoms with Crippen molar-refractivity contribution in [3.63, 3.8) is 0 Å². The zero-order chi connectivity index (χ0) is 10.7. The van der Waals surface area contributed by atoms with Gasteiger partial charge in [0, 0.05) is 6.42 Å². The minimum absolute atomic E-state index is 0.605. The highest BCUT2D eigenvalue weighted by molar-refractivity contribution is 6.83. The third-order valence-electron chi connectivity index (χ3n) is 2.27. The van der Waals surface area contributed by atoms with Crippen LogP contribution in [0.2, 0.25) is 19.6 Å². The molecule has 0 radical (unpaired) electrons. The Morgan fingerprint density at radius 1 is 1.43 bits per heavy atom. The molecule has 1 aliphatic rings. The summed E-state index contributed by atoms with van der Waals surface area (Å²) >= 11 is 0. The van der Waals surface area contributed by atoms with E-state index in [1.807, 2.05) is 6.08 Å². The minimum Gasteiger partial charge on any atom is -0.385 e. The molecule has 0 heterocycles. The van der Waals surface area contributed by atoms with Crippen molar-refractivity contribution < 1.29 is 5.11 Å². The van der Waals surface area contributed by atoms with Gasteiger partial charge in [-0.15, -0.1) is 11.5 Å². The summed E-state index contributed by atoms with van der Waals surface area (Å²) in [5, 5.41) is 10.1. The molecule has 0 aromatic heterocycles. The van der Waals surface area contributed by atoms with Crippen molar-refractivity contribution in [3.05, 3.63) is 12.2 Å². The van der Waals surface area contributed by atoms with Gasteiger partial charge in [-0.05, 0) is 19.3 Å². The molecule has 1 N–H and O–H groups in total. The number of allylic oxidation sites excluding steroid dienone is 1. The van der Waals surface area contributed by atoms with Crippen LogP contribution in [0.1, 0.15) is 25.7 Å². The molecule has 0 aromatic rings. The maximum atomic E-state index is 10.1. The lowest BCUT2D eigenvalue weighted by molar-refractivity contribution is 0.0801. The van der Waals surface area contributed by atoms with E-state index in [0.29, 0.717) is 6.42 Å². The SMILES string of the molecule is C[Si](C)(C)C#CCC1(O)C=CCCC1. The van der Waals surface area contributed by atoms with E-state index in [-0.39, 0.29) is 0 Å². The van der Waals surface area contributed by atoms with Crippen LogP contribution in [0.4, 0.5) is 0 Å². The molecular weight excluding hydrogens is 188 g/mol. The summed E-state index contributed by atoms with van der Waals surface area (Å²) in [5.74, 6) is 3.15. The van der Waals surface area contributed by atoms with Crippen LogP contribution in [-0.4, -0.2) is 18.8 Å². The predicted octanol–water partition coefficient (Wildman–Crippen LogP) is 2.73. The van der Waals surface area contributed by atoms with Crippen molar-refractivity contribution in [3.8, 4) is 11.5 Å². The monoisotopic (exact) mass is 208 g/mol. The molecule has 78 valence electrons. The van der Waals surface area contributed by atoms with Crippen LogP contribution in [0.15, 0.2) is 12.2 Å². The summed E-state index contributed by atoms with van der Waals surface area (Å²) in [7, 11) is -1.27. The van der Waals surface area contributed by atoms with E-state index >= 15 is 0 Å². The third kappa shape index (κ3) is 4.12. The second kappa shape index (κ2) is 4.33. The van der Waals surface area contributed by atoms with Crippen LogP contribution in [0.3, 0.4) is 0 Å². The maximum Gasteiger partial charge on any atom is 0.129 e. The molecule has 0 spiro atoms. The van der Waals surface area contributed by atoms with E-state index in [1.165, 1.54) is 0 Å². The first-order chi connectivity index (χ1) is 6.41. The Bertz CT molecular complexity index is 277. The molecule has 1 unspecified atom stereocenters. The zero-order valence-corrected chi connectivity index (χ0v) is 10.4. The largest absolute Gasteiger partial charge is 0.385 e. The van der Waals surface area contributed by atoms with Gasteiger partial charge in [0.15, 0.2) is 0 Å². The first-order valence-corrected chi connectivity index (χ1v) is 8.81. The lowest BCUT2D eigenvalue weighted by atomic mass is 9.89. The first-order valence-electron chi connectivity index (χ1n) is 5.31. The summed E-state index contributed by atoms with van der Waals surface area (Å²) in [6.45, 7) is 6.67. The highest BCUT2D eigenvalue weighted by Gasteiger charge is 2.23. The number of rotatable bonds is 1. The van der Waals surface area contributed by atoms with Crippen LogP contribution in [-0.2, 0) is 0 Å². The van der Waals surface area contributed by atoms with Gasteiger partial charge in [0.05, 0.1) is 5.60 Å². The maximum absolute atomic E-state index is 10.1. The van der Waals surface area contributed by atoms with Crippen LogP contribution < -0.4 is 0 Å². The molecule has 1 rings (SSSR count). The van der Waals surface area contributed by atoms with Crippen LogP contribution >= 0.6 is 0 Å². The van der Waals surface area contributed by atoms with Crippen molar-refractivity contribution >= 4 is 8.07 Å². The summed E-state index contributed by atoms with van der Waals surface area (Å²) in [6, 6.07) is 0. The van der Waals surface area contributed by atoms with Crippen LogP contribution in [0, 0.1) is 11.5 Å². The highest BCUT2D eigenvalue weighted by atomic mass is 28.3. The van der Waals surface area contributed by atoms with Crippen molar-refractivity contribution in [2.45, 2.75) is 50.9 Å². The molecule has 1 aliphatic carbocycles. The van der Waals surface area contributed by atoms with Crippen molar-refractivity contribution in [1.82, 2.24) is 0 Å². The average molecular weight is 208 g/mol. The fraction of sp³-hybridized carbons (Fsp3) is 0.667. The lowest BCUT2D eigenvalue weighted by Crippen LogP contribution is -2.27. The van der Waals surface area contributed by atoms with E-state index in [0.717, 1.165) is 19.3 Å². The van der Waals surface area contributed by atoms with Crippen molar-refractivity contribution in [1.29, 1.82) is 0 Å². The Balaban J connectivity index is 2.54. The van der Waals surface area contributed by atoms with Gasteiger partial charge in [-0.1, -0.05) is 31.8 Å². The Kier molecular flexibility index (Phi) is 3.57. The molecule has 1 atom stereocenters. The van der Waals surface area contributed by atoms with Gasteiger partial charge in [-0.3, -0.25) is 0 Å². The molecule has 1 nitrogen and oxygen atoms in total. The Morgan fingerprint density at radius 2 is 2.14 bits per heavy atom. The second-order valence-corrected chi connectivity index (χ2v) is 9.88. The van der Waals surface area contributed by atoms with Gasteiger partial charge in [0.2, 0.25) is 0 Å². The normalized spacial score (nSPS) is 26.9. The number of hydrogen-bond acceptors (Lipinski definition) is 1. The van der Waals surface area contributed by atoms with Crippen molar-refractivity contribution in [2.75, 3.05) is 0 Å². The quantitative estimate of drug-likeness (QED) is 0.399. The lowest BCUT2D eigenvalue weighted by Gasteiger charge is -2.25. The Labute approximate surface area is 88.2 Å². The number of hydrogen-bond donors (Lipinski definition) is 1. The number of aliphatic hydroxyl groups is 1. The zero-order valence-electron chi connectivity index (χ0n) is 9.43. The van der Waals surface area contributed by atoms with E-state index in [1.54, 1.807) is 0 Å². The fourth-order valence-corrected chi connectivity index (χ4v) is 2.14. The van der Waals surface area contributed by atoms with E-state index in [9.17, 15) is 5.11 Å². The molecule has 0 aromatic carbocycles. The van der Waals surface area contributed by atoms with Gasteiger partial charge in [0.25, 0.3) is 0 Å². The molecule has 0 saturated carbocycles. The molecule has 0 bridgehead atoms. The smallest absolute Gasteiger partial charge is 0.129 e. The molecule has 2 heteroatoms. The molecular formula is C12H20OSi. The molecule has 0 amide bonds. The van der Waals surface area contributed by atoms with Crippen molar-refractivity contribution in [2.24, 2.45) is 0 Å². The average Bonchev–Trinajstić information content (AvgIpc) is 2.02.